The predicted octanol–water partition coefficient (Wildman–Crippen LogP) is 2.93. The van der Waals surface area contributed by atoms with Crippen LogP contribution in [0, 0.1) is 0 Å². The SMILES string of the molecule is COCc1cc(Br)ccc1C1(N)CCC1. The van der Waals surface area contributed by atoms with Gasteiger partial charge < -0.3 is 10.5 Å². The summed E-state index contributed by atoms with van der Waals surface area (Å²) in [5.41, 5.74) is 8.68. The van der Waals surface area contributed by atoms with Crippen LogP contribution in [0.1, 0.15) is 30.4 Å². The van der Waals surface area contributed by atoms with Gasteiger partial charge >= 0.3 is 0 Å². The second-order valence-electron chi connectivity index (χ2n) is 4.24. The number of methoxy groups -OCH3 is 1. The zero-order valence-corrected chi connectivity index (χ0v) is 10.5. The Bertz CT molecular complexity index is 361. The van der Waals surface area contributed by atoms with Gasteiger partial charge in [-0.05, 0) is 42.5 Å². The fourth-order valence-electron chi connectivity index (χ4n) is 2.15. The van der Waals surface area contributed by atoms with Gasteiger partial charge in [0.2, 0.25) is 0 Å². The van der Waals surface area contributed by atoms with Gasteiger partial charge in [0.05, 0.1) is 6.61 Å². The van der Waals surface area contributed by atoms with Crippen molar-refractivity contribution >= 4 is 15.9 Å². The van der Waals surface area contributed by atoms with Crippen molar-refractivity contribution in [3.63, 3.8) is 0 Å². The summed E-state index contributed by atoms with van der Waals surface area (Å²) in [5, 5.41) is 0. The highest BCUT2D eigenvalue weighted by Gasteiger charge is 2.35. The van der Waals surface area contributed by atoms with Crippen molar-refractivity contribution in [2.45, 2.75) is 31.4 Å². The highest BCUT2D eigenvalue weighted by atomic mass is 79.9. The number of hydrogen-bond donors (Lipinski definition) is 1. The molecule has 0 amide bonds. The van der Waals surface area contributed by atoms with Gasteiger partial charge in [0, 0.05) is 17.1 Å². The van der Waals surface area contributed by atoms with Gasteiger partial charge in [-0.3, -0.25) is 0 Å². The molecule has 0 aromatic heterocycles. The molecule has 1 fully saturated rings. The maximum atomic E-state index is 6.33. The maximum absolute atomic E-state index is 6.33. The number of ether oxygens (including phenoxy) is 1. The fourth-order valence-corrected chi connectivity index (χ4v) is 2.56. The molecule has 3 heteroatoms. The van der Waals surface area contributed by atoms with Crippen LogP contribution >= 0.6 is 15.9 Å². The van der Waals surface area contributed by atoms with E-state index in [-0.39, 0.29) is 5.54 Å². The second-order valence-corrected chi connectivity index (χ2v) is 5.16. The minimum atomic E-state index is -0.103. The minimum Gasteiger partial charge on any atom is -0.380 e. The minimum absolute atomic E-state index is 0.103. The number of nitrogens with two attached hydrogens (primary N) is 1. The van der Waals surface area contributed by atoms with E-state index >= 15 is 0 Å². The lowest BCUT2D eigenvalue weighted by molar-refractivity contribution is 0.178. The first-order valence-corrected chi connectivity index (χ1v) is 6.02. The van der Waals surface area contributed by atoms with Gasteiger partial charge in [0.25, 0.3) is 0 Å². The number of benzene rings is 1. The van der Waals surface area contributed by atoms with Crippen molar-refractivity contribution in [3.8, 4) is 0 Å². The molecular formula is C12H16BrNO. The quantitative estimate of drug-likeness (QED) is 0.916. The second kappa shape index (κ2) is 4.24. The standard InChI is InChI=1S/C12H16BrNO/c1-15-8-9-7-10(13)3-4-11(9)12(14)5-2-6-12/h3-4,7H,2,5-6,8,14H2,1H3. The van der Waals surface area contributed by atoms with E-state index in [4.69, 9.17) is 10.5 Å². The van der Waals surface area contributed by atoms with Crippen molar-refractivity contribution in [3.05, 3.63) is 33.8 Å². The van der Waals surface area contributed by atoms with E-state index in [1.165, 1.54) is 17.5 Å². The summed E-state index contributed by atoms with van der Waals surface area (Å²) in [6.45, 7) is 0.633. The molecule has 82 valence electrons. The van der Waals surface area contributed by atoms with E-state index in [0.29, 0.717) is 6.61 Å². The predicted molar refractivity (Wildman–Crippen MR) is 64.6 cm³/mol. The monoisotopic (exact) mass is 269 g/mol. The summed E-state index contributed by atoms with van der Waals surface area (Å²) in [6.07, 6.45) is 3.41. The lowest BCUT2D eigenvalue weighted by atomic mass is 9.71. The van der Waals surface area contributed by atoms with Gasteiger partial charge in [-0.2, -0.15) is 0 Å². The van der Waals surface area contributed by atoms with Crippen molar-refractivity contribution in [2.75, 3.05) is 7.11 Å². The van der Waals surface area contributed by atoms with E-state index in [9.17, 15) is 0 Å². The summed E-state index contributed by atoms with van der Waals surface area (Å²) >= 11 is 3.48. The zero-order chi connectivity index (χ0) is 10.9. The highest BCUT2D eigenvalue weighted by molar-refractivity contribution is 9.10. The number of halogens is 1. The van der Waals surface area contributed by atoms with Crippen molar-refractivity contribution in [1.82, 2.24) is 0 Å². The van der Waals surface area contributed by atoms with Crippen LogP contribution in [-0.2, 0) is 16.9 Å². The molecule has 1 aromatic carbocycles. The van der Waals surface area contributed by atoms with Crippen molar-refractivity contribution < 1.29 is 4.74 Å². The number of hydrogen-bond acceptors (Lipinski definition) is 2. The van der Waals surface area contributed by atoms with E-state index in [1.807, 2.05) is 0 Å². The van der Waals surface area contributed by atoms with Crippen LogP contribution in [0.4, 0.5) is 0 Å². The van der Waals surface area contributed by atoms with Crippen LogP contribution in [0.15, 0.2) is 22.7 Å². The largest absolute Gasteiger partial charge is 0.380 e. The topological polar surface area (TPSA) is 35.2 Å². The molecule has 2 N–H and O–H groups in total. The molecule has 1 aliphatic rings. The molecule has 15 heavy (non-hydrogen) atoms. The Morgan fingerprint density at radius 2 is 2.20 bits per heavy atom. The molecule has 0 bridgehead atoms. The number of rotatable bonds is 3. The third-order valence-corrected chi connectivity index (χ3v) is 3.64. The van der Waals surface area contributed by atoms with Gasteiger partial charge in [0.15, 0.2) is 0 Å². The van der Waals surface area contributed by atoms with Gasteiger partial charge in [-0.15, -0.1) is 0 Å². The van der Waals surface area contributed by atoms with Gasteiger partial charge in [-0.25, -0.2) is 0 Å². The molecular weight excluding hydrogens is 254 g/mol. The Morgan fingerprint density at radius 3 is 2.73 bits per heavy atom. The summed E-state index contributed by atoms with van der Waals surface area (Å²) in [4.78, 5) is 0. The Labute approximate surface area is 98.9 Å². The molecule has 0 heterocycles. The van der Waals surface area contributed by atoms with Crippen LogP contribution in [0.25, 0.3) is 0 Å². The fraction of sp³-hybridized carbons (Fsp3) is 0.500. The van der Waals surface area contributed by atoms with E-state index in [1.54, 1.807) is 7.11 Å². The van der Waals surface area contributed by atoms with E-state index in [2.05, 4.69) is 34.1 Å². The smallest absolute Gasteiger partial charge is 0.0716 e. The van der Waals surface area contributed by atoms with Gasteiger partial charge in [-0.1, -0.05) is 22.0 Å². The highest BCUT2D eigenvalue weighted by Crippen LogP contribution is 2.40. The summed E-state index contributed by atoms with van der Waals surface area (Å²) in [6, 6.07) is 6.28. The molecule has 0 saturated heterocycles. The van der Waals surface area contributed by atoms with Crippen LogP contribution < -0.4 is 5.73 Å². The molecule has 1 aliphatic carbocycles. The summed E-state index contributed by atoms with van der Waals surface area (Å²) in [5.74, 6) is 0. The zero-order valence-electron chi connectivity index (χ0n) is 8.92. The van der Waals surface area contributed by atoms with Crippen LogP contribution in [0.5, 0.6) is 0 Å². The molecule has 1 aromatic rings. The Morgan fingerprint density at radius 1 is 1.47 bits per heavy atom. The maximum Gasteiger partial charge on any atom is 0.0716 e. The lowest BCUT2D eigenvalue weighted by Crippen LogP contribution is -2.44. The molecule has 1 saturated carbocycles. The molecule has 0 spiro atoms. The summed E-state index contributed by atoms with van der Waals surface area (Å²) < 4.78 is 6.30. The Balaban J connectivity index is 2.36. The first kappa shape index (κ1) is 11.1. The van der Waals surface area contributed by atoms with Crippen LogP contribution in [0.3, 0.4) is 0 Å². The molecule has 0 atom stereocenters. The molecule has 2 rings (SSSR count). The van der Waals surface area contributed by atoms with Crippen LogP contribution in [-0.4, -0.2) is 7.11 Å². The first-order chi connectivity index (χ1) is 7.15. The lowest BCUT2D eigenvalue weighted by Gasteiger charge is -2.40. The first-order valence-electron chi connectivity index (χ1n) is 5.22. The summed E-state index contributed by atoms with van der Waals surface area (Å²) in [7, 11) is 1.72. The average molecular weight is 270 g/mol. The molecule has 2 nitrogen and oxygen atoms in total. The third-order valence-electron chi connectivity index (χ3n) is 3.15. The van der Waals surface area contributed by atoms with Crippen molar-refractivity contribution in [1.29, 1.82) is 0 Å². The normalized spacial score (nSPS) is 18.6. The molecule has 0 aliphatic heterocycles. The van der Waals surface area contributed by atoms with Crippen molar-refractivity contribution in [2.24, 2.45) is 5.73 Å². The third kappa shape index (κ3) is 2.10. The Hall–Kier alpha value is -0.380. The van der Waals surface area contributed by atoms with E-state index < -0.39 is 0 Å². The Kier molecular flexibility index (Phi) is 3.14. The van der Waals surface area contributed by atoms with Gasteiger partial charge in [0.1, 0.15) is 0 Å². The van der Waals surface area contributed by atoms with E-state index in [0.717, 1.165) is 17.3 Å². The van der Waals surface area contributed by atoms with Crippen LogP contribution in [0.2, 0.25) is 0 Å². The average Bonchev–Trinajstić information content (AvgIpc) is 2.15. The molecule has 0 unspecified atom stereocenters. The molecule has 0 radical (unpaired) electrons.